The molecular formula is C14H20BrNO. The average molecular weight is 298 g/mol. The number of hydrogen-bond donors (Lipinski definition) is 1. The maximum absolute atomic E-state index is 5.98. The van der Waals surface area contributed by atoms with Gasteiger partial charge in [0.2, 0.25) is 0 Å². The molecule has 0 radical (unpaired) electrons. The van der Waals surface area contributed by atoms with Crippen molar-refractivity contribution in [1.82, 2.24) is 5.32 Å². The van der Waals surface area contributed by atoms with Gasteiger partial charge < -0.3 is 10.1 Å². The van der Waals surface area contributed by atoms with Crippen LogP contribution in [0.1, 0.15) is 30.9 Å². The molecule has 17 heavy (non-hydrogen) atoms. The predicted octanol–water partition coefficient (Wildman–Crippen LogP) is 3.53. The van der Waals surface area contributed by atoms with Crippen LogP contribution in [0.4, 0.5) is 0 Å². The topological polar surface area (TPSA) is 21.3 Å². The van der Waals surface area contributed by atoms with Gasteiger partial charge in [-0.25, -0.2) is 0 Å². The normalized spacial score (nSPS) is 17.1. The number of hydrogen-bond acceptors (Lipinski definition) is 2. The molecule has 0 aromatic heterocycles. The van der Waals surface area contributed by atoms with E-state index in [9.17, 15) is 0 Å². The number of likely N-dealkylation sites (N-methyl/N-ethyl adjacent to an activating group) is 1. The van der Waals surface area contributed by atoms with Crippen LogP contribution < -0.4 is 5.32 Å². The van der Waals surface area contributed by atoms with Crippen LogP contribution in [0.15, 0.2) is 28.7 Å². The highest BCUT2D eigenvalue weighted by atomic mass is 79.9. The Balaban J connectivity index is 1.87. The number of ether oxygens (including phenoxy) is 1. The molecule has 2 nitrogen and oxygen atoms in total. The first-order valence-electron chi connectivity index (χ1n) is 6.31. The molecule has 1 fully saturated rings. The van der Waals surface area contributed by atoms with E-state index in [1.165, 1.54) is 24.8 Å². The Hall–Kier alpha value is -0.380. The van der Waals surface area contributed by atoms with Gasteiger partial charge >= 0.3 is 0 Å². The lowest BCUT2D eigenvalue weighted by atomic mass is 10.1. The highest BCUT2D eigenvalue weighted by molar-refractivity contribution is 9.10. The van der Waals surface area contributed by atoms with Crippen molar-refractivity contribution < 1.29 is 4.74 Å². The molecule has 1 saturated carbocycles. The minimum Gasteiger partial charge on any atom is -0.372 e. The molecule has 0 saturated heterocycles. The van der Waals surface area contributed by atoms with Crippen LogP contribution in [0.2, 0.25) is 0 Å². The van der Waals surface area contributed by atoms with E-state index in [0.717, 1.165) is 23.5 Å². The van der Waals surface area contributed by atoms with E-state index in [2.05, 4.69) is 45.5 Å². The summed E-state index contributed by atoms with van der Waals surface area (Å²) >= 11 is 3.46. The fourth-order valence-electron chi connectivity index (χ4n) is 1.92. The second kappa shape index (κ2) is 6.53. The molecule has 2 rings (SSSR count). The van der Waals surface area contributed by atoms with E-state index in [1.54, 1.807) is 0 Å². The summed E-state index contributed by atoms with van der Waals surface area (Å²) in [7, 11) is 1.97. The van der Waals surface area contributed by atoms with Crippen LogP contribution in [-0.4, -0.2) is 20.2 Å². The van der Waals surface area contributed by atoms with Gasteiger partial charge in [0.05, 0.1) is 6.10 Å². The largest absolute Gasteiger partial charge is 0.372 e. The third kappa shape index (κ3) is 4.41. The zero-order valence-electron chi connectivity index (χ0n) is 10.3. The SMILES string of the molecule is CNCC(OCCC1CC1)c1ccc(Br)cc1. The molecule has 0 heterocycles. The molecular weight excluding hydrogens is 278 g/mol. The fourth-order valence-corrected chi connectivity index (χ4v) is 2.18. The lowest BCUT2D eigenvalue weighted by Crippen LogP contribution is -2.20. The first kappa shape index (κ1) is 13.1. The molecule has 1 aliphatic carbocycles. The Morgan fingerprint density at radius 2 is 2.06 bits per heavy atom. The molecule has 1 unspecified atom stereocenters. The summed E-state index contributed by atoms with van der Waals surface area (Å²) in [5, 5.41) is 3.20. The van der Waals surface area contributed by atoms with Crippen molar-refractivity contribution in [2.75, 3.05) is 20.2 Å². The van der Waals surface area contributed by atoms with Crippen LogP contribution in [-0.2, 0) is 4.74 Å². The van der Waals surface area contributed by atoms with E-state index in [1.807, 2.05) is 7.05 Å². The number of halogens is 1. The fraction of sp³-hybridized carbons (Fsp3) is 0.571. The molecule has 0 spiro atoms. The highest BCUT2D eigenvalue weighted by Crippen LogP contribution is 2.32. The Morgan fingerprint density at radius 1 is 1.35 bits per heavy atom. The van der Waals surface area contributed by atoms with Crippen LogP contribution in [0.3, 0.4) is 0 Å². The van der Waals surface area contributed by atoms with Gasteiger partial charge in [0.25, 0.3) is 0 Å². The van der Waals surface area contributed by atoms with Crippen LogP contribution in [0.25, 0.3) is 0 Å². The lowest BCUT2D eigenvalue weighted by Gasteiger charge is -2.18. The number of nitrogens with one attached hydrogen (secondary N) is 1. The zero-order chi connectivity index (χ0) is 12.1. The molecule has 1 aliphatic rings. The molecule has 1 atom stereocenters. The van der Waals surface area contributed by atoms with Gasteiger partial charge in [-0.15, -0.1) is 0 Å². The Labute approximate surface area is 112 Å². The third-order valence-electron chi connectivity index (χ3n) is 3.17. The van der Waals surface area contributed by atoms with Gasteiger partial charge in [0.15, 0.2) is 0 Å². The Bertz CT molecular complexity index is 335. The minimum atomic E-state index is 0.173. The third-order valence-corrected chi connectivity index (χ3v) is 3.70. The van der Waals surface area contributed by atoms with Crippen molar-refractivity contribution in [2.24, 2.45) is 5.92 Å². The highest BCUT2D eigenvalue weighted by Gasteiger charge is 2.21. The summed E-state index contributed by atoms with van der Waals surface area (Å²) in [6.07, 6.45) is 4.19. The summed E-state index contributed by atoms with van der Waals surface area (Å²) in [6.45, 7) is 1.75. The lowest BCUT2D eigenvalue weighted by molar-refractivity contribution is 0.0499. The van der Waals surface area contributed by atoms with Gasteiger partial charge in [-0.2, -0.15) is 0 Å². The Kier molecular flexibility index (Phi) is 5.01. The first-order valence-corrected chi connectivity index (χ1v) is 7.10. The van der Waals surface area contributed by atoms with Gasteiger partial charge in [-0.05, 0) is 37.1 Å². The molecule has 0 amide bonds. The smallest absolute Gasteiger partial charge is 0.0949 e. The van der Waals surface area contributed by atoms with E-state index in [4.69, 9.17) is 4.74 Å². The molecule has 1 N–H and O–H groups in total. The van der Waals surface area contributed by atoms with Crippen LogP contribution in [0.5, 0.6) is 0 Å². The van der Waals surface area contributed by atoms with Crippen molar-refractivity contribution in [3.63, 3.8) is 0 Å². The standard InChI is InChI=1S/C14H20BrNO/c1-16-10-14(17-9-8-11-2-3-11)12-4-6-13(15)7-5-12/h4-7,11,14,16H,2-3,8-10H2,1H3. The van der Waals surface area contributed by atoms with E-state index < -0.39 is 0 Å². The van der Waals surface area contributed by atoms with E-state index in [0.29, 0.717) is 0 Å². The molecule has 0 bridgehead atoms. The summed E-state index contributed by atoms with van der Waals surface area (Å²) < 4.78 is 7.09. The van der Waals surface area contributed by atoms with Crippen molar-refractivity contribution in [1.29, 1.82) is 0 Å². The maximum Gasteiger partial charge on any atom is 0.0949 e. The van der Waals surface area contributed by atoms with E-state index in [-0.39, 0.29) is 6.10 Å². The maximum atomic E-state index is 5.98. The first-order chi connectivity index (χ1) is 8.29. The number of rotatable bonds is 7. The van der Waals surface area contributed by atoms with Crippen LogP contribution >= 0.6 is 15.9 Å². The summed E-state index contributed by atoms with van der Waals surface area (Å²) in [4.78, 5) is 0. The average Bonchev–Trinajstić information content (AvgIpc) is 3.13. The van der Waals surface area contributed by atoms with Crippen molar-refractivity contribution in [3.8, 4) is 0 Å². The van der Waals surface area contributed by atoms with Crippen LogP contribution in [0, 0.1) is 5.92 Å². The monoisotopic (exact) mass is 297 g/mol. The predicted molar refractivity (Wildman–Crippen MR) is 74.1 cm³/mol. The second-order valence-corrected chi connectivity index (χ2v) is 5.62. The second-order valence-electron chi connectivity index (χ2n) is 4.70. The van der Waals surface area contributed by atoms with Gasteiger partial charge in [0, 0.05) is 17.6 Å². The molecule has 3 heteroatoms. The summed E-state index contributed by atoms with van der Waals surface area (Å²) in [5.41, 5.74) is 1.25. The van der Waals surface area contributed by atoms with E-state index >= 15 is 0 Å². The summed E-state index contributed by atoms with van der Waals surface area (Å²) in [6, 6.07) is 8.40. The Morgan fingerprint density at radius 3 is 2.65 bits per heavy atom. The van der Waals surface area contributed by atoms with Crippen molar-refractivity contribution >= 4 is 15.9 Å². The molecule has 1 aromatic carbocycles. The zero-order valence-corrected chi connectivity index (χ0v) is 11.9. The molecule has 1 aromatic rings. The van der Waals surface area contributed by atoms with Crippen molar-refractivity contribution in [3.05, 3.63) is 34.3 Å². The molecule has 94 valence electrons. The molecule has 0 aliphatic heterocycles. The van der Waals surface area contributed by atoms with Gasteiger partial charge in [0.1, 0.15) is 0 Å². The summed E-state index contributed by atoms with van der Waals surface area (Å²) in [5.74, 6) is 0.940. The quantitative estimate of drug-likeness (QED) is 0.831. The minimum absolute atomic E-state index is 0.173. The van der Waals surface area contributed by atoms with Gasteiger partial charge in [-0.1, -0.05) is 40.9 Å². The van der Waals surface area contributed by atoms with Gasteiger partial charge in [-0.3, -0.25) is 0 Å². The van der Waals surface area contributed by atoms with Crippen molar-refractivity contribution in [2.45, 2.75) is 25.4 Å². The number of benzene rings is 1.